The lowest BCUT2D eigenvalue weighted by Crippen LogP contribution is -2.57. The third kappa shape index (κ3) is 3.87. The smallest absolute Gasteiger partial charge is 0.254 e. The molecule has 0 saturated carbocycles. The summed E-state index contributed by atoms with van der Waals surface area (Å²) in [5, 5.41) is 9.33. The van der Waals surface area contributed by atoms with Crippen molar-refractivity contribution in [3.05, 3.63) is 70.5 Å². The number of nitrogens with two attached hydrogens (primary N) is 1. The van der Waals surface area contributed by atoms with Gasteiger partial charge in [0.25, 0.3) is 11.8 Å². The Morgan fingerprint density at radius 2 is 2.00 bits per heavy atom. The molecular weight excluding hydrogens is 422 g/mol. The van der Waals surface area contributed by atoms with Gasteiger partial charge in [-0.1, -0.05) is 30.3 Å². The van der Waals surface area contributed by atoms with E-state index in [4.69, 9.17) is 10.5 Å². The number of amides is 3. The van der Waals surface area contributed by atoms with E-state index in [-0.39, 0.29) is 12.5 Å². The van der Waals surface area contributed by atoms with Gasteiger partial charge in [-0.25, -0.2) is 0 Å². The number of imide groups is 1. The zero-order valence-corrected chi connectivity index (χ0v) is 18.6. The topological polar surface area (TPSA) is 130 Å². The van der Waals surface area contributed by atoms with Crippen LogP contribution in [0.2, 0.25) is 0 Å². The van der Waals surface area contributed by atoms with Crippen molar-refractivity contribution in [2.24, 2.45) is 5.73 Å². The summed E-state index contributed by atoms with van der Waals surface area (Å²) >= 11 is 0. The number of rotatable bonds is 7. The number of hydrogen-bond acceptors (Lipinski definition) is 6. The maximum absolute atomic E-state index is 13.0. The van der Waals surface area contributed by atoms with Crippen LogP contribution in [0.5, 0.6) is 5.75 Å². The number of aromatic amines is 1. The van der Waals surface area contributed by atoms with E-state index in [2.05, 4.69) is 15.5 Å². The van der Waals surface area contributed by atoms with E-state index in [1.807, 2.05) is 32.0 Å². The van der Waals surface area contributed by atoms with Gasteiger partial charge in [0.05, 0.1) is 19.3 Å². The molecule has 9 heteroatoms. The molecule has 0 radical (unpaired) electrons. The van der Waals surface area contributed by atoms with Crippen LogP contribution >= 0.6 is 0 Å². The number of ether oxygens (including phenoxy) is 1. The Hall–Kier alpha value is -3.98. The summed E-state index contributed by atoms with van der Waals surface area (Å²) in [6.07, 6.45) is 0.294. The van der Waals surface area contributed by atoms with Crippen LogP contribution < -0.4 is 15.8 Å². The lowest BCUT2D eigenvalue weighted by molar-refractivity contribution is -0.130. The summed E-state index contributed by atoms with van der Waals surface area (Å²) in [6.45, 7) is 4.03. The number of carbonyl (C=O) groups is 3. The zero-order chi connectivity index (χ0) is 23.8. The van der Waals surface area contributed by atoms with E-state index in [9.17, 15) is 14.4 Å². The number of methoxy groups -OCH3 is 1. The molecule has 1 atom stereocenters. The number of aryl methyl sites for hydroxylation is 2. The molecule has 0 spiro atoms. The molecule has 170 valence electrons. The van der Waals surface area contributed by atoms with Gasteiger partial charge in [0.1, 0.15) is 11.3 Å². The lowest BCUT2D eigenvalue weighted by atomic mass is 9.87. The minimum atomic E-state index is -1.64. The van der Waals surface area contributed by atoms with Gasteiger partial charge in [-0.3, -0.25) is 24.8 Å². The van der Waals surface area contributed by atoms with Gasteiger partial charge in [-0.2, -0.15) is 5.10 Å². The molecule has 0 unspecified atom stereocenters. The average molecular weight is 447 g/mol. The van der Waals surface area contributed by atoms with Crippen LogP contribution in [0, 0.1) is 13.8 Å². The van der Waals surface area contributed by atoms with Crippen LogP contribution in [0.4, 0.5) is 0 Å². The Bertz CT molecular complexity index is 1210. The van der Waals surface area contributed by atoms with E-state index in [0.29, 0.717) is 29.8 Å². The minimum absolute atomic E-state index is 0.106. The number of nitrogens with one attached hydrogen (secondary N) is 2. The van der Waals surface area contributed by atoms with E-state index in [1.165, 1.54) is 12.0 Å². The van der Waals surface area contributed by atoms with E-state index in [1.54, 1.807) is 24.3 Å². The first-order valence-corrected chi connectivity index (χ1v) is 10.4. The summed E-state index contributed by atoms with van der Waals surface area (Å²) in [5.74, 6) is -0.372. The molecule has 33 heavy (non-hydrogen) atoms. The highest BCUT2D eigenvalue weighted by Gasteiger charge is 2.41. The largest absolute Gasteiger partial charge is 0.497 e. The molecule has 1 aliphatic rings. The molecule has 4 rings (SSSR count). The molecule has 0 fully saturated rings. The van der Waals surface area contributed by atoms with Gasteiger partial charge in [0.15, 0.2) is 0 Å². The molecule has 3 aromatic rings. The standard InChI is InChI=1S/C24H25N5O4/c1-14-21(15(2)28-27-14)16-4-7-18(8-5-16)24(25,23(32)26-13-30)12-29-11-17-6-9-19(33-3)10-20(17)22(29)31/h4-10,13H,11-12,25H2,1-3H3,(H,27,28)(H,26,30,32)/t24-/m0/s1. The Morgan fingerprint density at radius 1 is 1.27 bits per heavy atom. The Labute approximate surface area is 190 Å². The van der Waals surface area contributed by atoms with Crippen molar-refractivity contribution in [2.75, 3.05) is 13.7 Å². The van der Waals surface area contributed by atoms with Crippen LogP contribution in [0.15, 0.2) is 42.5 Å². The third-order valence-corrected chi connectivity index (χ3v) is 6.05. The fraction of sp³-hybridized carbons (Fsp3) is 0.250. The first-order chi connectivity index (χ1) is 15.8. The fourth-order valence-corrected chi connectivity index (χ4v) is 4.28. The highest BCUT2D eigenvalue weighted by molar-refractivity contribution is 6.00. The summed E-state index contributed by atoms with van der Waals surface area (Å²) in [6, 6.07) is 12.4. The normalized spacial score (nSPS) is 14.5. The maximum Gasteiger partial charge on any atom is 0.254 e. The van der Waals surface area contributed by atoms with Crippen molar-refractivity contribution in [2.45, 2.75) is 25.9 Å². The Kier molecular flexibility index (Phi) is 5.73. The van der Waals surface area contributed by atoms with Crippen LogP contribution in [-0.2, 0) is 21.7 Å². The summed E-state index contributed by atoms with van der Waals surface area (Å²) < 4.78 is 5.22. The average Bonchev–Trinajstić information content (AvgIpc) is 3.31. The molecule has 2 aromatic carbocycles. The van der Waals surface area contributed by atoms with Gasteiger partial charge in [-0.15, -0.1) is 0 Å². The molecule has 9 nitrogen and oxygen atoms in total. The molecular formula is C24H25N5O4. The molecule has 2 heterocycles. The van der Waals surface area contributed by atoms with Gasteiger partial charge < -0.3 is 15.4 Å². The van der Waals surface area contributed by atoms with Crippen LogP contribution in [0.25, 0.3) is 11.1 Å². The van der Waals surface area contributed by atoms with E-state index < -0.39 is 11.4 Å². The summed E-state index contributed by atoms with van der Waals surface area (Å²) in [4.78, 5) is 38.5. The number of hydrogen-bond donors (Lipinski definition) is 3. The van der Waals surface area contributed by atoms with E-state index >= 15 is 0 Å². The van der Waals surface area contributed by atoms with Crippen molar-refractivity contribution in [1.82, 2.24) is 20.4 Å². The number of aromatic nitrogens is 2. The minimum Gasteiger partial charge on any atom is -0.497 e. The van der Waals surface area contributed by atoms with Crippen molar-refractivity contribution in [1.29, 1.82) is 0 Å². The number of carbonyl (C=O) groups excluding carboxylic acids is 3. The second-order valence-electron chi connectivity index (χ2n) is 8.13. The predicted molar refractivity (Wildman–Crippen MR) is 121 cm³/mol. The molecule has 1 aromatic heterocycles. The third-order valence-electron chi connectivity index (χ3n) is 6.05. The van der Waals surface area contributed by atoms with E-state index in [0.717, 1.165) is 28.1 Å². The number of benzene rings is 2. The second kappa shape index (κ2) is 8.51. The van der Waals surface area contributed by atoms with Crippen LogP contribution in [0.1, 0.15) is 32.9 Å². The van der Waals surface area contributed by atoms with Crippen molar-refractivity contribution >= 4 is 18.2 Å². The molecule has 0 bridgehead atoms. The first kappa shape index (κ1) is 22.2. The lowest BCUT2D eigenvalue weighted by Gasteiger charge is -2.32. The number of fused-ring (bicyclic) bond motifs is 1. The van der Waals surface area contributed by atoms with Crippen molar-refractivity contribution in [3.8, 4) is 16.9 Å². The first-order valence-electron chi connectivity index (χ1n) is 10.4. The van der Waals surface area contributed by atoms with Gasteiger partial charge >= 0.3 is 0 Å². The van der Waals surface area contributed by atoms with Gasteiger partial charge in [0, 0.05) is 23.4 Å². The fourth-order valence-electron chi connectivity index (χ4n) is 4.28. The summed E-state index contributed by atoms with van der Waals surface area (Å²) in [7, 11) is 1.53. The van der Waals surface area contributed by atoms with Crippen molar-refractivity contribution in [3.63, 3.8) is 0 Å². The summed E-state index contributed by atoms with van der Waals surface area (Å²) in [5.41, 5.74) is 10.4. The Morgan fingerprint density at radius 3 is 2.61 bits per heavy atom. The van der Waals surface area contributed by atoms with Crippen molar-refractivity contribution < 1.29 is 19.1 Å². The van der Waals surface area contributed by atoms with Gasteiger partial charge in [-0.05, 0) is 42.7 Å². The van der Waals surface area contributed by atoms with Gasteiger partial charge in [0.2, 0.25) is 6.41 Å². The Balaban J connectivity index is 1.66. The molecule has 3 amide bonds. The second-order valence-corrected chi connectivity index (χ2v) is 8.13. The highest BCUT2D eigenvalue weighted by atomic mass is 16.5. The predicted octanol–water partition coefficient (Wildman–Crippen LogP) is 1.78. The van der Waals surface area contributed by atoms with Crippen LogP contribution in [0.3, 0.4) is 0 Å². The SMILES string of the molecule is COc1ccc2c(c1)C(=O)N(C[C@@](N)(C(=O)NC=O)c1ccc(-c3c(C)n[nH]c3C)cc1)C2. The molecule has 0 saturated heterocycles. The maximum atomic E-state index is 13.0. The number of H-pyrrole nitrogens is 1. The number of nitrogens with zero attached hydrogens (tertiary/aromatic N) is 2. The quantitative estimate of drug-likeness (QED) is 0.474. The van der Waals surface area contributed by atoms with Crippen LogP contribution in [-0.4, -0.2) is 47.0 Å². The molecule has 4 N–H and O–H groups in total. The highest BCUT2D eigenvalue weighted by Crippen LogP contribution is 2.32. The monoisotopic (exact) mass is 447 g/mol. The molecule has 1 aliphatic heterocycles. The molecule has 0 aliphatic carbocycles. The zero-order valence-electron chi connectivity index (χ0n) is 18.6.